The summed E-state index contributed by atoms with van der Waals surface area (Å²) >= 11 is 0. The van der Waals surface area contributed by atoms with Crippen LogP contribution in [0, 0.1) is 5.92 Å². The van der Waals surface area contributed by atoms with Gasteiger partial charge < -0.3 is 0 Å². The standard InChI is InChI=1S/C13H20/c1-4-8-13(11(2)3)12-9-6-5-7-10-12/h5-7,9-11,13H,4,8H2,1-3H3/t13-/m1/s1. The van der Waals surface area contributed by atoms with E-state index in [9.17, 15) is 0 Å². The summed E-state index contributed by atoms with van der Waals surface area (Å²) in [5.74, 6) is 1.49. The normalized spacial score (nSPS) is 13.2. The Labute approximate surface area is 82.0 Å². The van der Waals surface area contributed by atoms with Crippen molar-refractivity contribution < 1.29 is 0 Å². The van der Waals surface area contributed by atoms with Crippen molar-refractivity contribution in [3.63, 3.8) is 0 Å². The van der Waals surface area contributed by atoms with E-state index in [-0.39, 0.29) is 0 Å². The van der Waals surface area contributed by atoms with Gasteiger partial charge in [-0.05, 0) is 23.8 Å². The summed E-state index contributed by atoms with van der Waals surface area (Å²) in [6.45, 7) is 6.89. The average molecular weight is 176 g/mol. The van der Waals surface area contributed by atoms with E-state index in [1.54, 1.807) is 0 Å². The predicted molar refractivity (Wildman–Crippen MR) is 58.9 cm³/mol. The molecule has 1 rings (SSSR count). The van der Waals surface area contributed by atoms with Crippen LogP contribution in [0.1, 0.15) is 45.1 Å². The second kappa shape index (κ2) is 5.06. The quantitative estimate of drug-likeness (QED) is 0.644. The first-order valence-corrected chi connectivity index (χ1v) is 5.30. The molecule has 0 fully saturated rings. The van der Waals surface area contributed by atoms with Crippen molar-refractivity contribution in [2.24, 2.45) is 5.92 Å². The van der Waals surface area contributed by atoms with Crippen molar-refractivity contribution in [1.29, 1.82) is 0 Å². The van der Waals surface area contributed by atoms with Gasteiger partial charge in [-0.25, -0.2) is 0 Å². The van der Waals surface area contributed by atoms with Crippen LogP contribution in [0.25, 0.3) is 0 Å². The van der Waals surface area contributed by atoms with Crippen molar-refractivity contribution in [3.8, 4) is 0 Å². The zero-order valence-electron chi connectivity index (χ0n) is 8.96. The van der Waals surface area contributed by atoms with Crippen LogP contribution in [0.15, 0.2) is 30.3 Å². The lowest BCUT2D eigenvalue weighted by atomic mass is 9.85. The molecule has 0 heterocycles. The van der Waals surface area contributed by atoms with Gasteiger partial charge in [0.15, 0.2) is 0 Å². The lowest BCUT2D eigenvalue weighted by Crippen LogP contribution is -2.05. The first-order valence-electron chi connectivity index (χ1n) is 5.30. The third-order valence-corrected chi connectivity index (χ3v) is 2.63. The van der Waals surface area contributed by atoms with E-state index in [4.69, 9.17) is 0 Å². The molecular formula is C13H20. The Bertz CT molecular complexity index is 223. The van der Waals surface area contributed by atoms with Crippen LogP contribution in [0.3, 0.4) is 0 Å². The summed E-state index contributed by atoms with van der Waals surface area (Å²) in [4.78, 5) is 0. The summed E-state index contributed by atoms with van der Waals surface area (Å²) < 4.78 is 0. The van der Waals surface area contributed by atoms with Crippen LogP contribution < -0.4 is 0 Å². The van der Waals surface area contributed by atoms with Crippen LogP contribution in [0.4, 0.5) is 0 Å². The highest BCUT2D eigenvalue weighted by Gasteiger charge is 2.13. The molecule has 1 aromatic rings. The molecule has 1 aromatic carbocycles. The van der Waals surface area contributed by atoms with Crippen molar-refractivity contribution >= 4 is 0 Å². The second-order valence-electron chi connectivity index (χ2n) is 4.05. The van der Waals surface area contributed by atoms with E-state index < -0.39 is 0 Å². The molecule has 0 bridgehead atoms. The fraction of sp³-hybridized carbons (Fsp3) is 0.538. The number of hydrogen-bond acceptors (Lipinski definition) is 0. The van der Waals surface area contributed by atoms with Gasteiger partial charge in [0.05, 0.1) is 0 Å². The molecule has 0 saturated carbocycles. The molecule has 0 aliphatic heterocycles. The molecule has 0 unspecified atom stereocenters. The van der Waals surface area contributed by atoms with Crippen molar-refractivity contribution in [3.05, 3.63) is 35.9 Å². The van der Waals surface area contributed by atoms with Gasteiger partial charge in [-0.1, -0.05) is 57.5 Å². The molecule has 0 aliphatic rings. The van der Waals surface area contributed by atoms with Crippen LogP contribution in [0.2, 0.25) is 0 Å². The van der Waals surface area contributed by atoms with Crippen LogP contribution in [0.5, 0.6) is 0 Å². The molecule has 0 spiro atoms. The molecule has 0 saturated heterocycles. The maximum Gasteiger partial charge on any atom is -0.0139 e. The predicted octanol–water partition coefficient (Wildman–Crippen LogP) is 4.23. The van der Waals surface area contributed by atoms with Gasteiger partial charge in [-0.3, -0.25) is 0 Å². The highest BCUT2D eigenvalue weighted by Crippen LogP contribution is 2.28. The van der Waals surface area contributed by atoms with E-state index >= 15 is 0 Å². The zero-order chi connectivity index (χ0) is 9.68. The molecule has 0 aromatic heterocycles. The average Bonchev–Trinajstić information content (AvgIpc) is 2.15. The summed E-state index contributed by atoms with van der Waals surface area (Å²) in [5.41, 5.74) is 1.50. The molecule has 13 heavy (non-hydrogen) atoms. The molecule has 72 valence electrons. The minimum Gasteiger partial charge on any atom is -0.0654 e. The first-order chi connectivity index (χ1) is 6.25. The van der Waals surface area contributed by atoms with Crippen LogP contribution >= 0.6 is 0 Å². The molecule has 1 atom stereocenters. The fourth-order valence-electron chi connectivity index (χ4n) is 1.90. The Morgan fingerprint density at radius 3 is 2.15 bits per heavy atom. The molecule has 0 amide bonds. The summed E-state index contributed by atoms with van der Waals surface area (Å²) in [6.07, 6.45) is 2.58. The van der Waals surface area contributed by atoms with E-state index in [1.165, 1.54) is 18.4 Å². The van der Waals surface area contributed by atoms with E-state index in [0.717, 1.165) is 11.8 Å². The van der Waals surface area contributed by atoms with Crippen molar-refractivity contribution in [2.45, 2.75) is 39.5 Å². The Morgan fingerprint density at radius 2 is 1.69 bits per heavy atom. The highest BCUT2D eigenvalue weighted by atomic mass is 14.2. The van der Waals surface area contributed by atoms with Gasteiger partial charge in [0.1, 0.15) is 0 Å². The van der Waals surface area contributed by atoms with Crippen molar-refractivity contribution in [2.75, 3.05) is 0 Å². The Morgan fingerprint density at radius 1 is 1.08 bits per heavy atom. The maximum atomic E-state index is 2.31. The smallest absolute Gasteiger partial charge is 0.0139 e. The number of hydrogen-bond donors (Lipinski definition) is 0. The lowest BCUT2D eigenvalue weighted by Gasteiger charge is -2.20. The van der Waals surface area contributed by atoms with Gasteiger partial charge in [0.25, 0.3) is 0 Å². The van der Waals surface area contributed by atoms with Gasteiger partial charge in [-0.15, -0.1) is 0 Å². The minimum absolute atomic E-state index is 0.742. The van der Waals surface area contributed by atoms with Gasteiger partial charge in [-0.2, -0.15) is 0 Å². The third kappa shape index (κ3) is 2.87. The first kappa shape index (κ1) is 10.3. The molecule has 0 aliphatic carbocycles. The second-order valence-corrected chi connectivity index (χ2v) is 4.05. The zero-order valence-corrected chi connectivity index (χ0v) is 8.96. The van der Waals surface area contributed by atoms with E-state index in [0.29, 0.717) is 0 Å². The van der Waals surface area contributed by atoms with Crippen molar-refractivity contribution in [1.82, 2.24) is 0 Å². The van der Waals surface area contributed by atoms with Gasteiger partial charge in [0, 0.05) is 0 Å². The van der Waals surface area contributed by atoms with Crippen LogP contribution in [-0.2, 0) is 0 Å². The molecular weight excluding hydrogens is 156 g/mol. The van der Waals surface area contributed by atoms with E-state index in [2.05, 4.69) is 51.1 Å². The summed E-state index contributed by atoms with van der Waals surface area (Å²) in [7, 11) is 0. The Kier molecular flexibility index (Phi) is 4.01. The Balaban J connectivity index is 2.76. The molecule has 0 N–H and O–H groups in total. The van der Waals surface area contributed by atoms with E-state index in [1.807, 2.05) is 0 Å². The lowest BCUT2D eigenvalue weighted by molar-refractivity contribution is 0.463. The molecule has 0 heteroatoms. The van der Waals surface area contributed by atoms with Crippen LogP contribution in [-0.4, -0.2) is 0 Å². The number of rotatable bonds is 4. The third-order valence-electron chi connectivity index (χ3n) is 2.63. The highest BCUT2D eigenvalue weighted by molar-refractivity contribution is 5.19. The fourth-order valence-corrected chi connectivity index (χ4v) is 1.90. The van der Waals surface area contributed by atoms with Gasteiger partial charge in [0.2, 0.25) is 0 Å². The largest absolute Gasteiger partial charge is 0.0654 e. The SMILES string of the molecule is CCC[C@@H](c1ccccc1)C(C)C. The molecule has 0 radical (unpaired) electrons. The number of benzene rings is 1. The Hall–Kier alpha value is -0.780. The summed E-state index contributed by atoms with van der Waals surface area (Å²) in [5, 5.41) is 0. The summed E-state index contributed by atoms with van der Waals surface area (Å²) in [6, 6.07) is 10.9. The maximum absolute atomic E-state index is 2.31. The van der Waals surface area contributed by atoms with Gasteiger partial charge >= 0.3 is 0 Å². The topological polar surface area (TPSA) is 0 Å². The monoisotopic (exact) mass is 176 g/mol. The molecule has 0 nitrogen and oxygen atoms in total. The minimum atomic E-state index is 0.742.